The molecule has 1 unspecified atom stereocenters. The minimum absolute atomic E-state index is 0.221. The van der Waals surface area contributed by atoms with Gasteiger partial charge in [0.2, 0.25) is 0 Å². The maximum Gasteiger partial charge on any atom is 0.263 e. The van der Waals surface area contributed by atoms with Crippen molar-refractivity contribution < 1.29 is 9.53 Å². The zero-order chi connectivity index (χ0) is 20.1. The largest absolute Gasteiger partial charge is 0.497 e. The second-order valence-electron chi connectivity index (χ2n) is 7.39. The van der Waals surface area contributed by atoms with Crippen LogP contribution in [0.3, 0.4) is 0 Å². The van der Waals surface area contributed by atoms with E-state index in [1.54, 1.807) is 50.2 Å². The molecule has 7 heteroatoms. The molecule has 2 aromatic heterocycles. The Morgan fingerprint density at radius 3 is 2.96 bits per heavy atom. The first-order valence-corrected chi connectivity index (χ1v) is 9.64. The van der Waals surface area contributed by atoms with E-state index in [0.717, 1.165) is 25.9 Å². The van der Waals surface area contributed by atoms with Crippen LogP contribution >= 0.6 is 0 Å². The zero-order valence-corrected chi connectivity index (χ0v) is 16.8. The fourth-order valence-corrected chi connectivity index (χ4v) is 3.60. The van der Waals surface area contributed by atoms with Gasteiger partial charge in [-0.25, -0.2) is 0 Å². The Morgan fingerprint density at radius 2 is 2.25 bits per heavy atom. The minimum Gasteiger partial charge on any atom is -0.497 e. The predicted molar refractivity (Wildman–Crippen MR) is 108 cm³/mol. The molecule has 0 aliphatic carbocycles. The maximum absolute atomic E-state index is 13.0. The van der Waals surface area contributed by atoms with Gasteiger partial charge in [-0.1, -0.05) is 0 Å². The van der Waals surface area contributed by atoms with Crippen molar-refractivity contribution in [2.75, 3.05) is 27.2 Å². The van der Waals surface area contributed by atoms with Crippen LogP contribution in [-0.4, -0.2) is 47.6 Å². The van der Waals surface area contributed by atoms with Gasteiger partial charge >= 0.3 is 0 Å². The van der Waals surface area contributed by atoms with Gasteiger partial charge in [-0.15, -0.1) is 0 Å². The number of ether oxygens (including phenoxy) is 1. The van der Waals surface area contributed by atoms with Crippen LogP contribution in [0, 0.1) is 12.8 Å². The molecule has 28 heavy (non-hydrogen) atoms. The molecular weight excluding hydrogens is 356 g/mol. The third-order valence-corrected chi connectivity index (χ3v) is 5.21. The summed E-state index contributed by atoms with van der Waals surface area (Å²) in [6.07, 6.45) is 5.66. The topological polar surface area (TPSA) is 76.5 Å². The van der Waals surface area contributed by atoms with Gasteiger partial charge in [0.05, 0.1) is 19.3 Å². The summed E-state index contributed by atoms with van der Waals surface area (Å²) < 4.78 is 6.88. The Kier molecular flexibility index (Phi) is 6.46. The maximum atomic E-state index is 13.0. The molecule has 2 aromatic rings. The van der Waals surface area contributed by atoms with Gasteiger partial charge in [0.1, 0.15) is 11.3 Å². The number of methoxy groups -OCH3 is 1. The average molecular weight is 384 g/mol. The quantitative estimate of drug-likeness (QED) is 0.822. The number of hydrogen-bond acceptors (Lipinski definition) is 5. The van der Waals surface area contributed by atoms with Gasteiger partial charge in [-0.3, -0.25) is 14.6 Å². The molecule has 0 aromatic carbocycles. The fraction of sp³-hybridized carbons (Fsp3) is 0.476. The standard InChI is InChI=1S/C21H28N4O3/c1-15-7-10-25(13-16-5-4-8-22-12-16)21(27)19(15)20(26)24(2)14-17-11-18(28-3)6-9-23-17/h6-7,9-11,16,22H,4-5,8,12-14H2,1-3H3. The van der Waals surface area contributed by atoms with Crippen LogP contribution < -0.4 is 15.6 Å². The Labute approximate surface area is 165 Å². The van der Waals surface area contributed by atoms with E-state index in [-0.39, 0.29) is 17.0 Å². The smallest absolute Gasteiger partial charge is 0.263 e. The molecule has 7 nitrogen and oxygen atoms in total. The summed E-state index contributed by atoms with van der Waals surface area (Å²) >= 11 is 0. The minimum atomic E-state index is -0.289. The molecule has 1 fully saturated rings. The second-order valence-corrected chi connectivity index (χ2v) is 7.39. The predicted octanol–water partition coefficient (Wildman–Crippen LogP) is 1.83. The van der Waals surface area contributed by atoms with E-state index in [0.29, 0.717) is 36.0 Å². The molecule has 1 saturated heterocycles. The number of piperidine rings is 1. The highest BCUT2D eigenvalue weighted by Gasteiger charge is 2.22. The van der Waals surface area contributed by atoms with E-state index in [4.69, 9.17) is 4.74 Å². The Balaban J connectivity index is 1.79. The number of amides is 1. The van der Waals surface area contributed by atoms with Crippen molar-refractivity contribution in [3.63, 3.8) is 0 Å². The van der Waals surface area contributed by atoms with E-state index >= 15 is 0 Å². The number of aryl methyl sites for hydroxylation is 1. The average Bonchev–Trinajstić information content (AvgIpc) is 2.71. The SMILES string of the molecule is COc1ccnc(CN(C)C(=O)c2c(C)ccn(CC3CCCNC3)c2=O)c1. The van der Waals surface area contributed by atoms with Crippen LogP contribution in [0.4, 0.5) is 0 Å². The highest BCUT2D eigenvalue weighted by Crippen LogP contribution is 2.15. The van der Waals surface area contributed by atoms with Gasteiger partial charge in [-0.05, 0) is 56.5 Å². The number of hydrogen-bond donors (Lipinski definition) is 1. The van der Waals surface area contributed by atoms with Crippen LogP contribution in [0.1, 0.15) is 34.5 Å². The monoisotopic (exact) mass is 384 g/mol. The van der Waals surface area contributed by atoms with Crippen molar-refractivity contribution >= 4 is 5.91 Å². The number of aromatic nitrogens is 2. The molecule has 150 valence electrons. The molecule has 1 atom stereocenters. The highest BCUT2D eigenvalue weighted by atomic mass is 16.5. The Morgan fingerprint density at radius 1 is 1.43 bits per heavy atom. The summed E-state index contributed by atoms with van der Waals surface area (Å²) in [6.45, 7) is 4.68. The molecule has 3 heterocycles. The third-order valence-electron chi connectivity index (χ3n) is 5.21. The van der Waals surface area contributed by atoms with E-state index in [1.807, 2.05) is 6.07 Å². The summed E-state index contributed by atoms with van der Waals surface area (Å²) in [7, 11) is 3.27. The molecule has 1 aliphatic rings. The van der Waals surface area contributed by atoms with Crippen molar-refractivity contribution in [1.82, 2.24) is 19.8 Å². The van der Waals surface area contributed by atoms with Gasteiger partial charge in [0.25, 0.3) is 11.5 Å². The lowest BCUT2D eigenvalue weighted by molar-refractivity contribution is 0.0780. The zero-order valence-electron chi connectivity index (χ0n) is 16.8. The van der Waals surface area contributed by atoms with Crippen LogP contribution in [-0.2, 0) is 13.1 Å². The molecule has 1 amide bonds. The lowest BCUT2D eigenvalue weighted by atomic mass is 9.99. The van der Waals surface area contributed by atoms with Gasteiger partial charge in [-0.2, -0.15) is 0 Å². The second kappa shape index (κ2) is 9.01. The van der Waals surface area contributed by atoms with Gasteiger partial charge in [0.15, 0.2) is 0 Å². The summed E-state index contributed by atoms with van der Waals surface area (Å²) in [6, 6.07) is 5.39. The lowest BCUT2D eigenvalue weighted by Crippen LogP contribution is -2.38. The van der Waals surface area contributed by atoms with E-state index in [9.17, 15) is 9.59 Å². The molecule has 3 rings (SSSR count). The summed E-state index contributed by atoms with van der Waals surface area (Å²) in [5, 5.41) is 3.37. The first-order chi connectivity index (χ1) is 13.5. The summed E-state index contributed by atoms with van der Waals surface area (Å²) in [5.74, 6) is 0.809. The molecule has 0 radical (unpaired) electrons. The number of carbonyl (C=O) groups is 1. The van der Waals surface area contributed by atoms with Crippen molar-refractivity contribution in [2.24, 2.45) is 5.92 Å². The van der Waals surface area contributed by atoms with Crippen molar-refractivity contribution in [3.8, 4) is 5.75 Å². The fourth-order valence-electron chi connectivity index (χ4n) is 3.60. The van der Waals surface area contributed by atoms with Crippen LogP contribution in [0.5, 0.6) is 5.75 Å². The van der Waals surface area contributed by atoms with E-state index < -0.39 is 0 Å². The van der Waals surface area contributed by atoms with Crippen LogP contribution in [0.15, 0.2) is 35.4 Å². The molecule has 0 bridgehead atoms. The number of nitrogens with zero attached hydrogens (tertiary/aromatic N) is 3. The number of rotatable bonds is 6. The van der Waals surface area contributed by atoms with Crippen LogP contribution in [0.2, 0.25) is 0 Å². The molecule has 0 spiro atoms. The van der Waals surface area contributed by atoms with Crippen molar-refractivity contribution in [2.45, 2.75) is 32.9 Å². The van der Waals surface area contributed by atoms with E-state index in [1.165, 1.54) is 4.90 Å². The molecule has 1 N–H and O–H groups in total. The van der Waals surface area contributed by atoms with Crippen LogP contribution in [0.25, 0.3) is 0 Å². The van der Waals surface area contributed by atoms with Crippen molar-refractivity contribution in [3.05, 3.63) is 57.8 Å². The van der Waals surface area contributed by atoms with Crippen molar-refractivity contribution in [1.29, 1.82) is 0 Å². The first-order valence-electron chi connectivity index (χ1n) is 9.64. The van der Waals surface area contributed by atoms with Gasteiger partial charge in [0, 0.05) is 32.1 Å². The van der Waals surface area contributed by atoms with E-state index in [2.05, 4.69) is 10.3 Å². The summed E-state index contributed by atoms with van der Waals surface area (Å²) in [4.78, 5) is 31.9. The molecule has 1 aliphatic heterocycles. The third kappa shape index (κ3) is 4.59. The number of nitrogens with one attached hydrogen (secondary N) is 1. The number of pyridine rings is 2. The summed E-state index contributed by atoms with van der Waals surface area (Å²) in [5.41, 5.74) is 1.41. The Bertz CT molecular complexity index is 887. The molecule has 0 saturated carbocycles. The van der Waals surface area contributed by atoms with Gasteiger partial charge < -0.3 is 19.5 Å². The normalized spacial score (nSPS) is 16.6. The first kappa shape index (κ1) is 20.1. The number of carbonyl (C=O) groups excluding carboxylic acids is 1. The Hall–Kier alpha value is -2.67. The molecular formula is C21H28N4O3. The lowest BCUT2D eigenvalue weighted by Gasteiger charge is -2.24. The highest BCUT2D eigenvalue weighted by molar-refractivity contribution is 5.95.